The largest absolute Gasteiger partial charge is 0.394 e. The molecule has 2 heteroatoms. The number of rotatable bonds is 6. The van der Waals surface area contributed by atoms with Gasteiger partial charge in [0.1, 0.15) is 0 Å². The summed E-state index contributed by atoms with van der Waals surface area (Å²) in [5.74, 6) is 0. The average molecular weight is 182 g/mol. The van der Waals surface area contributed by atoms with Crippen molar-refractivity contribution in [1.82, 2.24) is 0 Å². The van der Waals surface area contributed by atoms with E-state index in [-0.39, 0.29) is 6.61 Å². The Bertz CT molecular complexity index is 183. The van der Waals surface area contributed by atoms with Gasteiger partial charge in [0, 0.05) is 6.61 Å². The molecular formula is C11H18O2. The summed E-state index contributed by atoms with van der Waals surface area (Å²) < 4.78 is 5.17. The second kappa shape index (κ2) is 6.87. The Hall–Kier alpha value is -0.600. The van der Waals surface area contributed by atoms with Gasteiger partial charge in [0.15, 0.2) is 0 Å². The zero-order valence-corrected chi connectivity index (χ0v) is 8.04. The van der Waals surface area contributed by atoms with Crippen LogP contribution in [0, 0.1) is 0 Å². The molecule has 0 heterocycles. The molecule has 0 amide bonds. The van der Waals surface area contributed by atoms with Crippen LogP contribution in [0.1, 0.15) is 25.7 Å². The van der Waals surface area contributed by atoms with E-state index < -0.39 is 0 Å². The van der Waals surface area contributed by atoms with Crippen LogP contribution in [-0.2, 0) is 4.74 Å². The molecule has 0 spiro atoms. The molecule has 0 aromatic carbocycles. The highest BCUT2D eigenvalue weighted by molar-refractivity contribution is 5.21. The monoisotopic (exact) mass is 182 g/mol. The van der Waals surface area contributed by atoms with Crippen molar-refractivity contribution in [2.45, 2.75) is 25.7 Å². The van der Waals surface area contributed by atoms with Gasteiger partial charge in [-0.15, -0.1) is 0 Å². The maximum absolute atomic E-state index is 8.47. The summed E-state index contributed by atoms with van der Waals surface area (Å²) in [6, 6.07) is 0. The Morgan fingerprint density at radius 2 is 2.23 bits per heavy atom. The van der Waals surface area contributed by atoms with E-state index in [1.165, 1.54) is 18.4 Å². The van der Waals surface area contributed by atoms with Crippen molar-refractivity contribution >= 4 is 0 Å². The quantitative estimate of drug-likeness (QED) is 0.637. The van der Waals surface area contributed by atoms with Gasteiger partial charge < -0.3 is 9.84 Å². The van der Waals surface area contributed by atoms with Gasteiger partial charge in [0.25, 0.3) is 0 Å². The van der Waals surface area contributed by atoms with Crippen LogP contribution in [0.5, 0.6) is 0 Å². The van der Waals surface area contributed by atoms with Crippen LogP contribution in [0.3, 0.4) is 0 Å². The summed E-state index contributed by atoms with van der Waals surface area (Å²) in [4.78, 5) is 0. The van der Waals surface area contributed by atoms with Crippen molar-refractivity contribution in [3.8, 4) is 0 Å². The third-order valence-corrected chi connectivity index (χ3v) is 2.06. The van der Waals surface area contributed by atoms with Crippen LogP contribution >= 0.6 is 0 Å². The Balaban J connectivity index is 1.99. The smallest absolute Gasteiger partial charge is 0.0697 e. The van der Waals surface area contributed by atoms with Gasteiger partial charge >= 0.3 is 0 Å². The lowest BCUT2D eigenvalue weighted by molar-refractivity contribution is 0.0909. The fourth-order valence-corrected chi connectivity index (χ4v) is 1.40. The number of hydrogen-bond acceptors (Lipinski definition) is 2. The number of ether oxygens (including phenoxy) is 1. The number of aliphatic hydroxyl groups excluding tert-OH is 1. The summed E-state index contributed by atoms with van der Waals surface area (Å²) in [6.07, 6.45) is 11.2. The van der Waals surface area contributed by atoms with E-state index in [1.54, 1.807) is 0 Å². The minimum absolute atomic E-state index is 0.128. The van der Waals surface area contributed by atoms with Crippen molar-refractivity contribution in [2.24, 2.45) is 0 Å². The molecule has 1 aliphatic rings. The molecule has 0 radical (unpaired) electrons. The first-order valence-corrected chi connectivity index (χ1v) is 4.97. The highest BCUT2D eigenvalue weighted by Crippen LogP contribution is 2.14. The SMILES string of the molecule is OCCOCCCC1=CCCC=C1. The molecule has 0 saturated carbocycles. The molecule has 0 saturated heterocycles. The first kappa shape index (κ1) is 10.5. The van der Waals surface area contributed by atoms with Gasteiger partial charge in [-0.25, -0.2) is 0 Å². The molecule has 13 heavy (non-hydrogen) atoms. The molecule has 0 aromatic heterocycles. The van der Waals surface area contributed by atoms with E-state index >= 15 is 0 Å². The molecule has 0 atom stereocenters. The third-order valence-electron chi connectivity index (χ3n) is 2.06. The average Bonchev–Trinajstić information content (AvgIpc) is 2.19. The number of hydrogen-bond donors (Lipinski definition) is 1. The molecule has 2 nitrogen and oxygen atoms in total. The zero-order chi connectivity index (χ0) is 9.36. The van der Waals surface area contributed by atoms with Crippen LogP contribution in [0.2, 0.25) is 0 Å². The Kier molecular flexibility index (Phi) is 5.54. The van der Waals surface area contributed by atoms with E-state index in [9.17, 15) is 0 Å². The lowest BCUT2D eigenvalue weighted by Gasteiger charge is -2.06. The van der Waals surface area contributed by atoms with E-state index in [0.29, 0.717) is 6.61 Å². The van der Waals surface area contributed by atoms with Crippen LogP contribution in [0.15, 0.2) is 23.8 Å². The van der Waals surface area contributed by atoms with E-state index in [1.807, 2.05) is 0 Å². The normalized spacial score (nSPS) is 15.9. The van der Waals surface area contributed by atoms with E-state index in [4.69, 9.17) is 9.84 Å². The Morgan fingerprint density at radius 3 is 2.92 bits per heavy atom. The summed E-state index contributed by atoms with van der Waals surface area (Å²) in [5.41, 5.74) is 1.43. The number of allylic oxidation sites excluding steroid dienone is 4. The molecule has 74 valence electrons. The molecule has 1 rings (SSSR count). The molecule has 0 aromatic rings. The molecular weight excluding hydrogens is 164 g/mol. The van der Waals surface area contributed by atoms with Crippen LogP contribution in [0.25, 0.3) is 0 Å². The predicted molar refractivity (Wildman–Crippen MR) is 53.6 cm³/mol. The predicted octanol–water partition coefficient (Wildman–Crippen LogP) is 2.05. The lowest BCUT2D eigenvalue weighted by Crippen LogP contribution is -2.00. The highest BCUT2D eigenvalue weighted by Gasteiger charge is 1.96. The highest BCUT2D eigenvalue weighted by atomic mass is 16.5. The minimum atomic E-state index is 0.128. The maximum atomic E-state index is 8.47. The van der Waals surface area contributed by atoms with E-state index in [0.717, 1.165) is 19.4 Å². The molecule has 0 bridgehead atoms. The fourth-order valence-electron chi connectivity index (χ4n) is 1.40. The van der Waals surface area contributed by atoms with Crippen molar-refractivity contribution in [2.75, 3.05) is 19.8 Å². The van der Waals surface area contributed by atoms with Crippen LogP contribution in [0.4, 0.5) is 0 Å². The van der Waals surface area contributed by atoms with Crippen LogP contribution in [-0.4, -0.2) is 24.9 Å². The maximum Gasteiger partial charge on any atom is 0.0697 e. The molecule has 0 fully saturated rings. The molecule has 0 unspecified atom stereocenters. The van der Waals surface area contributed by atoms with Gasteiger partial charge in [-0.3, -0.25) is 0 Å². The second-order valence-corrected chi connectivity index (χ2v) is 3.20. The summed E-state index contributed by atoms with van der Waals surface area (Å²) in [6.45, 7) is 1.35. The Labute approximate surface area is 79.9 Å². The third kappa shape index (κ3) is 4.86. The number of aliphatic hydroxyl groups is 1. The van der Waals surface area contributed by atoms with Gasteiger partial charge in [0.05, 0.1) is 13.2 Å². The molecule has 1 aliphatic carbocycles. The van der Waals surface area contributed by atoms with Gasteiger partial charge in [-0.2, -0.15) is 0 Å². The standard InChI is InChI=1S/C11H18O2/c12-8-10-13-9-4-7-11-5-2-1-3-6-11/h2,5-6,12H,1,3-4,7-10H2. The lowest BCUT2D eigenvalue weighted by atomic mass is 10.0. The topological polar surface area (TPSA) is 29.5 Å². The zero-order valence-electron chi connectivity index (χ0n) is 8.04. The van der Waals surface area contributed by atoms with Gasteiger partial charge in [0.2, 0.25) is 0 Å². The first-order valence-electron chi connectivity index (χ1n) is 4.97. The van der Waals surface area contributed by atoms with Crippen molar-refractivity contribution in [3.63, 3.8) is 0 Å². The van der Waals surface area contributed by atoms with Gasteiger partial charge in [-0.1, -0.05) is 23.8 Å². The summed E-state index contributed by atoms with van der Waals surface area (Å²) in [7, 11) is 0. The Morgan fingerprint density at radius 1 is 1.31 bits per heavy atom. The first-order chi connectivity index (χ1) is 6.43. The van der Waals surface area contributed by atoms with Gasteiger partial charge in [-0.05, 0) is 25.7 Å². The van der Waals surface area contributed by atoms with Crippen LogP contribution < -0.4 is 0 Å². The van der Waals surface area contributed by atoms with Crippen molar-refractivity contribution in [1.29, 1.82) is 0 Å². The fraction of sp³-hybridized carbons (Fsp3) is 0.636. The summed E-state index contributed by atoms with van der Waals surface area (Å²) >= 11 is 0. The minimum Gasteiger partial charge on any atom is -0.394 e. The molecule has 0 aliphatic heterocycles. The van der Waals surface area contributed by atoms with Crippen molar-refractivity contribution < 1.29 is 9.84 Å². The van der Waals surface area contributed by atoms with Crippen molar-refractivity contribution in [3.05, 3.63) is 23.8 Å². The summed E-state index contributed by atoms with van der Waals surface area (Å²) in [5, 5.41) is 8.47. The molecule has 1 N–H and O–H groups in total. The van der Waals surface area contributed by atoms with E-state index in [2.05, 4.69) is 18.2 Å². The second-order valence-electron chi connectivity index (χ2n) is 3.20.